The fourth-order valence-electron chi connectivity index (χ4n) is 1.86. The van der Waals surface area contributed by atoms with E-state index in [2.05, 4.69) is 0 Å². The van der Waals surface area contributed by atoms with Crippen molar-refractivity contribution in [1.82, 2.24) is 0 Å². The number of carbonyl (C=O) groups is 1. The molecule has 2 aromatic carbocycles. The maximum absolute atomic E-state index is 12.4. The van der Waals surface area contributed by atoms with Crippen molar-refractivity contribution in [2.45, 2.75) is 18.7 Å². The standard InChI is InChI=1S/C16H15IO5S/c1-3-21-15-9-12(10-18)8-14(17)16(15)22-23(19,20)13-6-4-11(2)5-7-13/h4-10H,3H2,1-2H3. The van der Waals surface area contributed by atoms with Crippen molar-refractivity contribution in [3.63, 3.8) is 0 Å². The maximum Gasteiger partial charge on any atom is 0.339 e. The molecule has 0 radical (unpaired) electrons. The van der Waals surface area contributed by atoms with Crippen molar-refractivity contribution in [3.05, 3.63) is 51.1 Å². The zero-order valence-electron chi connectivity index (χ0n) is 12.6. The summed E-state index contributed by atoms with van der Waals surface area (Å²) in [7, 11) is -3.99. The van der Waals surface area contributed by atoms with E-state index in [4.69, 9.17) is 8.92 Å². The molecule has 2 rings (SSSR count). The Labute approximate surface area is 148 Å². The Bertz CT molecular complexity index is 813. The number of rotatable bonds is 6. The molecule has 0 aliphatic heterocycles. The molecule has 0 aliphatic rings. The Kier molecular flexibility index (Phi) is 5.64. The van der Waals surface area contributed by atoms with Crippen molar-refractivity contribution in [3.8, 4) is 11.5 Å². The van der Waals surface area contributed by atoms with E-state index < -0.39 is 10.1 Å². The van der Waals surface area contributed by atoms with Gasteiger partial charge in [0.1, 0.15) is 11.2 Å². The van der Waals surface area contributed by atoms with Crippen LogP contribution in [0.1, 0.15) is 22.8 Å². The van der Waals surface area contributed by atoms with Gasteiger partial charge in [-0.05, 0) is 60.7 Å². The third-order valence-corrected chi connectivity index (χ3v) is 5.01. The van der Waals surface area contributed by atoms with Gasteiger partial charge in [0.25, 0.3) is 0 Å². The predicted octanol–water partition coefficient (Wildman–Crippen LogP) is 3.58. The number of ether oxygens (including phenoxy) is 1. The largest absolute Gasteiger partial charge is 0.490 e. The maximum atomic E-state index is 12.4. The van der Waals surface area contributed by atoms with Crippen LogP contribution < -0.4 is 8.92 Å². The van der Waals surface area contributed by atoms with Gasteiger partial charge in [0, 0.05) is 5.56 Å². The van der Waals surface area contributed by atoms with Crippen molar-refractivity contribution in [2.75, 3.05) is 6.61 Å². The summed E-state index contributed by atoms with van der Waals surface area (Å²) in [5.41, 5.74) is 1.34. The molecule has 0 atom stereocenters. The molecule has 0 saturated carbocycles. The van der Waals surface area contributed by atoms with Crippen LogP contribution in [0.25, 0.3) is 0 Å². The second-order valence-corrected chi connectivity index (χ2v) is 7.44. The second-order valence-electron chi connectivity index (χ2n) is 4.73. The monoisotopic (exact) mass is 446 g/mol. The van der Waals surface area contributed by atoms with Gasteiger partial charge in [0.15, 0.2) is 11.5 Å². The molecule has 7 heteroatoms. The van der Waals surface area contributed by atoms with Crippen molar-refractivity contribution in [1.29, 1.82) is 0 Å². The zero-order valence-corrected chi connectivity index (χ0v) is 15.6. The zero-order chi connectivity index (χ0) is 17.0. The quantitative estimate of drug-likeness (QED) is 0.386. The summed E-state index contributed by atoms with van der Waals surface area (Å²) in [5.74, 6) is 0.302. The number of hydrogen-bond acceptors (Lipinski definition) is 5. The van der Waals surface area contributed by atoms with Gasteiger partial charge in [-0.25, -0.2) is 0 Å². The Morgan fingerprint density at radius 1 is 1.17 bits per heavy atom. The van der Waals surface area contributed by atoms with Crippen LogP contribution in [-0.4, -0.2) is 21.3 Å². The molecule has 0 fully saturated rings. The Balaban J connectivity index is 2.45. The molecule has 23 heavy (non-hydrogen) atoms. The van der Waals surface area contributed by atoms with Gasteiger partial charge in [-0.3, -0.25) is 4.79 Å². The summed E-state index contributed by atoms with van der Waals surface area (Å²) >= 11 is 1.91. The SMILES string of the molecule is CCOc1cc(C=O)cc(I)c1OS(=O)(=O)c1ccc(C)cc1. The Morgan fingerprint density at radius 3 is 2.39 bits per heavy atom. The lowest BCUT2D eigenvalue weighted by molar-refractivity contribution is 0.112. The van der Waals surface area contributed by atoms with Gasteiger partial charge < -0.3 is 8.92 Å². The van der Waals surface area contributed by atoms with E-state index in [1.807, 2.05) is 29.5 Å². The van der Waals surface area contributed by atoms with Gasteiger partial charge in [0.05, 0.1) is 10.2 Å². The molecule has 5 nitrogen and oxygen atoms in total. The lowest BCUT2D eigenvalue weighted by Crippen LogP contribution is -2.12. The number of aryl methyl sites for hydroxylation is 1. The van der Waals surface area contributed by atoms with E-state index in [0.717, 1.165) is 5.56 Å². The van der Waals surface area contributed by atoms with Gasteiger partial charge >= 0.3 is 10.1 Å². The number of halogens is 1. The van der Waals surface area contributed by atoms with Gasteiger partial charge in [-0.15, -0.1) is 0 Å². The molecule has 0 amide bonds. The van der Waals surface area contributed by atoms with Crippen LogP contribution in [0.3, 0.4) is 0 Å². The second kappa shape index (κ2) is 7.31. The number of carbonyl (C=O) groups excluding carboxylic acids is 1. The van der Waals surface area contributed by atoms with Crippen molar-refractivity contribution < 1.29 is 22.1 Å². The lowest BCUT2D eigenvalue weighted by Gasteiger charge is -2.14. The molecule has 0 saturated heterocycles. The highest BCUT2D eigenvalue weighted by molar-refractivity contribution is 14.1. The summed E-state index contributed by atoms with van der Waals surface area (Å²) in [6.07, 6.45) is 0.670. The smallest absolute Gasteiger partial charge is 0.339 e. The van der Waals surface area contributed by atoms with E-state index in [1.165, 1.54) is 24.3 Å². The highest BCUT2D eigenvalue weighted by Crippen LogP contribution is 2.36. The number of hydrogen-bond donors (Lipinski definition) is 0. The predicted molar refractivity (Wildman–Crippen MR) is 94.7 cm³/mol. The Morgan fingerprint density at radius 2 is 1.83 bits per heavy atom. The van der Waals surface area contributed by atoms with Gasteiger partial charge in [-0.2, -0.15) is 8.42 Å². The highest BCUT2D eigenvalue weighted by atomic mass is 127. The van der Waals surface area contributed by atoms with E-state index >= 15 is 0 Å². The molecular formula is C16H15IO5S. The van der Waals surface area contributed by atoms with Crippen LogP contribution in [0.4, 0.5) is 0 Å². The summed E-state index contributed by atoms with van der Waals surface area (Å²) < 4.78 is 36.0. The van der Waals surface area contributed by atoms with Crippen LogP contribution >= 0.6 is 22.6 Å². The lowest BCUT2D eigenvalue weighted by atomic mass is 10.2. The first-order valence-electron chi connectivity index (χ1n) is 6.80. The third-order valence-electron chi connectivity index (χ3n) is 2.97. The van der Waals surface area contributed by atoms with Crippen molar-refractivity contribution >= 4 is 39.0 Å². The topological polar surface area (TPSA) is 69.7 Å². The molecule has 0 aromatic heterocycles. The van der Waals surface area contributed by atoms with Crippen LogP contribution in [0, 0.1) is 10.5 Å². The molecule has 0 spiro atoms. The minimum absolute atomic E-state index is 0.0563. The van der Waals surface area contributed by atoms with E-state index in [0.29, 0.717) is 22.0 Å². The minimum Gasteiger partial charge on any atom is -0.490 e. The van der Waals surface area contributed by atoms with Crippen LogP contribution in [0.5, 0.6) is 11.5 Å². The van der Waals surface area contributed by atoms with Crippen LogP contribution in [0.2, 0.25) is 0 Å². The first-order chi connectivity index (χ1) is 10.9. The summed E-state index contributed by atoms with van der Waals surface area (Å²) in [5, 5.41) is 0. The van der Waals surface area contributed by atoms with E-state index in [9.17, 15) is 13.2 Å². The summed E-state index contributed by atoms with van der Waals surface area (Å²) in [4.78, 5) is 11.0. The molecule has 2 aromatic rings. The molecule has 0 heterocycles. The highest BCUT2D eigenvalue weighted by Gasteiger charge is 2.22. The third kappa shape index (κ3) is 4.23. The summed E-state index contributed by atoms with van der Waals surface area (Å²) in [6, 6.07) is 9.35. The fourth-order valence-corrected chi connectivity index (χ4v) is 3.70. The van der Waals surface area contributed by atoms with Crippen molar-refractivity contribution in [2.24, 2.45) is 0 Å². The fraction of sp³-hybridized carbons (Fsp3) is 0.188. The number of aldehydes is 1. The molecule has 0 unspecified atom stereocenters. The molecule has 0 N–H and O–H groups in total. The van der Waals surface area contributed by atoms with Crippen LogP contribution in [0.15, 0.2) is 41.3 Å². The average molecular weight is 446 g/mol. The van der Waals surface area contributed by atoms with Gasteiger partial charge in [0.2, 0.25) is 0 Å². The normalized spacial score (nSPS) is 11.1. The first kappa shape index (κ1) is 17.7. The molecular weight excluding hydrogens is 431 g/mol. The first-order valence-corrected chi connectivity index (χ1v) is 9.28. The minimum atomic E-state index is -3.99. The molecule has 0 bridgehead atoms. The number of benzene rings is 2. The Hall–Kier alpha value is -1.61. The molecule has 0 aliphatic carbocycles. The average Bonchev–Trinajstić information content (AvgIpc) is 2.51. The summed E-state index contributed by atoms with van der Waals surface area (Å²) in [6.45, 7) is 3.95. The van der Waals surface area contributed by atoms with Crippen LogP contribution in [-0.2, 0) is 10.1 Å². The van der Waals surface area contributed by atoms with E-state index in [1.54, 1.807) is 19.1 Å². The molecule has 122 valence electrons. The van der Waals surface area contributed by atoms with Gasteiger partial charge in [-0.1, -0.05) is 17.7 Å². The van der Waals surface area contributed by atoms with E-state index in [-0.39, 0.29) is 16.4 Å².